The monoisotopic (exact) mass is 409 g/mol. The van der Waals surface area contributed by atoms with E-state index in [-0.39, 0.29) is 4.90 Å². The van der Waals surface area contributed by atoms with Gasteiger partial charge in [0, 0.05) is 3.57 Å². The molecule has 5 nitrogen and oxygen atoms in total. The number of rotatable bonds is 4. The highest BCUT2D eigenvalue weighted by atomic mass is 127. The summed E-state index contributed by atoms with van der Waals surface area (Å²) in [6, 6.07) is 6.35. The van der Waals surface area contributed by atoms with Crippen molar-refractivity contribution in [3.05, 3.63) is 27.8 Å². The lowest BCUT2D eigenvalue weighted by Gasteiger charge is -2.33. The molecule has 0 amide bonds. The summed E-state index contributed by atoms with van der Waals surface area (Å²) in [6.07, 6.45) is 3.07. The largest absolute Gasteiger partial charge is 0.480 e. The molecule has 1 saturated carbocycles. The molecule has 7 heteroatoms. The van der Waals surface area contributed by atoms with Crippen LogP contribution in [0.1, 0.15) is 32.1 Å². The van der Waals surface area contributed by atoms with Crippen molar-refractivity contribution in [3.63, 3.8) is 0 Å². The third-order valence-electron chi connectivity index (χ3n) is 3.57. The first-order valence-corrected chi connectivity index (χ1v) is 8.95. The summed E-state index contributed by atoms with van der Waals surface area (Å²) < 4.78 is 28.0. The number of carbonyl (C=O) groups is 1. The summed E-state index contributed by atoms with van der Waals surface area (Å²) in [7, 11) is -3.81. The van der Waals surface area contributed by atoms with Gasteiger partial charge in [0.1, 0.15) is 5.54 Å². The first-order chi connectivity index (χ1) is 9.36. The summed E-state index contributed by atoms with van der Waals surface area (Å²) in [4.78, 5) is 11.6. The molecule has 0 bridgehead atoms. The van der Waals surface area contributed by atoms with Gasteiger partial charge < -0.3 is 5.11 Å². The van der Waals surface area contributed by atoms with Crippen LogP contribution in [0.3, 0.4) is 0 Å². The van der Waals surface area contributed by atoms with E-state index in [1.807, 2.05) is 0 Å². The highest BCUT2D eigenvalue weighted by Crippen LogP contribution is 2.30. The van der Waals surface area contributed by atoms with Gasteiger partial charge >= 0.3 is 5.97 Å². The van der Waals surface area contributed by atoms with Crippen molar-refractivity contribution in [2.75, 3.05) is 0 Å². The van der Waals surface area contributed by atoms with Gasteiger partial charge in [0.25, 0.3) is 0 Å². The lowest BCUT2D eigenvalue weighted by atomic mass is 9.83. The van der Waals surface area contributed by atoms with Gasteiger partial charge in [-0.1, -0.05) is 19.3 Å². The Labute approximate surface area is 132 Å². The number of benzene rings is 1. The predicted molar refractivity (Wildman–Crippen MR) is 82.9 cm³/mol. The molecule has 0 radical (unpaired) electrons. The number of halogens is 1. The number of hydrogen-bond acceptors (Lipinski definition) is 3. The van der Waals surface area contributed by atoms with Crippen LogP contribution < -0.4 is 4.72 Å². The fraction of sp³-hybridized carbons (Fsp3) is 0.462. The molecule has 0 spiro atoms. The highest BCUT2D eigenvalue weighted by molar-refractivity contribution is 14.1. The average Bonchev–Trinajstić information content (AvgIpc) is 2.39. The maximum Gasteiger partial charge on any atom is 0.324 e. The van der Waals surface area contributed by atoms with Crippen molar-refractivity contribution < 1.29 is 18.3 Å². The van der Waals surface area contributed by atoms with Crippen LogP contribution in [0.15, 0.2) is 29.2 Å². The summed E-state index contributed by atoms with van der Waals surface area (Å²) in [6.45, 7) is 0. The zero-order valence-corrected chi connectivity index (χ0v) is 13.8. The molecular weight excluding hydrogens is 393 g/mol. The van der Waals surface area contributed by atoms with Gasteiger partial charge in [0.05, 0.1) is 4.90 Å². The maximum absolute atomic E-state index is 12.3. The van der Waals surface area contributed by atoms with E-state index in [0.717, 1.165) is 22.8 Å². The zero-order valence-electron chi connectivity index (χ0n) is 10.8. The number of carboxylic acid groups (broad SMARTS) is 1. The fourth-order valence-corrected chi connectivity index (χ4v) is 4.22. The Bertz CT molecular complexity index is 591. The molecule has 2 rings (SSSR count). The fourth-order valence-electron chi connectivity index (χ4n) is 2.44. The van der Waals surface area contributed by atoms with E-state index in [1.54, 1.807) is 12.1 Å². The molecule has 2 N–H and O–H groups in total. The number of nitrogens with one attached hydrogen (secondary N) is 1. The molecule has 0 aliphatic heterocycles. The Balaban J connectivity index is 2.30. The minimum absolute atomic E-state index is 0.101. The van der Waals surface area contributed by atoms with Crippen LogP contribution in [-0.4, -0.2) is 25.0 Å². The smallest absolute Gasteiger partial charge is 0.324 e. The number of sulfonamides is 1. The normalized spacial score (nSPS) is 18.6. The Morgan fingerprint density at radius 3 is 2.20 bits per heavy atom. The number of aliphatic carboxylic acids is 1. The second-order valence-electron chi connectivity index (χ2n) is 5.01. The van der Waals surface area contributed by atoms with Crippen LogP contribution in [-0.2, 0) is 14.8 Å². The van der Waals surface area contributed by atoms with E-state index in [4.69, 9.17) is 0 Å². The van der Waals surface area contributed by atoms with Crippen molar-refractivity contribution in [3.8, 4) is 0 Å². The zero-order chi connectivity index (χ0) is 14.8. The highest BCUT2D eigenvalue weighted by Gasteiger charge is 2.43. The second kappa shape index (κ2) is 5.98. The van der Waals surface area contributed by atoms with Crippen LogP contribution in [0.2, 0.25) is 0 Å². The van der Waals surface area contributed by atoms with Crippen molar-refractivity contribution in [2.45, 2.75) is 42.5 Å². The van der Waals surface area contributed by atoms with Gasteiger partial charge in [-0.05, 0) is 59.7 Å². The van der Waals surface area contributed by atoms with E-state index >= 15 is 0 Å². The van der Waals surface area contributed by atoms with Crippen LogP contribution >= 0.6 is 22.6 Å². The quantitative estimate of drug-likeness (QED) is 0.748. The summed E-state index contributed by atoms with van der Waals surface area (Å²) in [5.41, 5.74) is -1.36. The van der Waals surface area contributed by atoms with E-state index in [0.29, 0.717) is 12.8 Å². The topological polar surface area (TPSA) is 83.5 Å². The molecule has 1 aliphatic rings. The molecule has 0 aromatic heterocycles. The number of hydrogen-bond donors (Lipinski definition) is 2. The van der Waals surface area contributed by atoms with Crippen molar-refractivity contribution in [2.24, 2.45) is 0 Å². The van der Waals surface area contributed by atoms with Crippen LogP contribution in [0, 0.1) is 3.57 Å². The van der Waals surface area contributed by atoms with Gasteiger partial charge in [0.15, 0.2) is 0 Å². The minimum Gasteiger partial charge on any atom is -0.480 e. The van der Waals surface area contributed by atoms with Gasteiger partial charge in [-0.2, -0.15) is 4.72 Å². The van der Waals surface area contributed by atoms with Gasteiger partial charge in [-0.3, -0.25) is 4.79 Å². The lowest BCUT2D eigenvalue weighted by molar-refractivity contribution is -0.145. The Hall–Kier alpha value is -0.670. The Kier molecular flexibility index (Phi) is 4.70. The predicted octanol–water partition coefficient (Wildman–Crippen LogP) is 2.36. The third kappa shape index (κ3) is 3.32. The molecule has 0 unspecified atom stereocenters. The second-order valence-corrected chi connectivity index (χ2v) is 7.94. The molecule has 0 heterocycles. The summed E-state index contributed by atoms with van der Waals surface area (Å²) in [5.74, 6) is -1.09. The van der Waals surface area contributed by atoms with Gasteiger partial charge in [0.2, 0.25) is 10.0 Å². The molecule has 0 saturated heterocycles. The maximum atomic E-state index is 12.3. The Morgan fingerprint density at radius 2 is 1.70 bits per heavy atom. The average molecular weight is 409 g/mol. The van der Waals surface area contributed by atoms with E-state index in [9.17, 15) is 18.3 Å². The molecule has 1 fully saturated rings. The first-order valence-electron chi connectivity index (χ1n) is 6.39. The van der Waals surface area contributed by atoms with E-state index < -0.39 is 21.5 Å². The van der Waals surface area contributed by atoms with Crippen LogP contribution in [0.4, 0.5) is 0 Å². The Morgan fingerprint density at radius 1 is 1.15 bits per heavy atom. The van der Waals surface area contributed by atoms with E-state index in [2.05, 4.69) is 27.3 Å². The molecule has 1 aliphatic carbocycles. The van der Waals surface area contributed by atoms with Crippen molar-refractivity contribution in [1.29, 1.82) is 0 Å². The molecule has 0 atom stereocenters. The third-order valence-corrected chi connectivity index (χ3v) is 5.84. The van der Waals surface area contributed by atoms with Gasteiger partial charge in [-0.25, -0.2) is 8.42 Å². The van der Waals surface area contributed by atoms with Gasteiger partial charge in [-0.15, -0.1) is 0 Å². The first kappa shape index (κ1) is 15.7. The molecule has 1 aromatic rings. The minimum atomic E-state index is -3.81. The van der Waals surface area contributed by atoms with Crippen LogP contribution in [0.5, 0.6) is 0 Å². The summed E-state index contributed by atoms with van der Waals surface area (Å²) in [5, 5.41) is 9.41. The summed E-state index contributed by atoms with van der Waals surface area (Å²) >= 11 is 2.08. The molecule has 20 heavy (non-hydrogen) atoms. The SMILES string of the molecule is O=C(O)C1(NS(=O)(=O)c2ccc(I)cc2)CCCCC1. The van der Waals surface area contributed by atoms with Crippen molar-refractivity contribution in [1.82, 2.24) is 4.72 Å². The van der Waals surface area contributed by atoms with E-state index in [1.165, 1.54) is 12.1 Å². The van der Waals surface area contributed by atoms with Crippen LogP contribution in [0.25, 0.3) is 0 Å². The standard InChI is InChI=1S/C13H16INO4S/c14-10-4-6-11(7-5-10)20(18,19)15-13(12(16)17)8-2-1-3-9-13/h4-7,15H,1-3,8-9H2,(H,16,17). The molecule has 110 valence electrons. The number of carboxylic acids is 1. The molecule has 1 aromatic carbocycles. The molecular formula is C13H16INO4S. The van der Waals surface area contributed by atoms with Crippen molar-refractivity contribution >= 4 is 38.6 Å². The lowest BCUT2D eigenvalue weighted by Crippen LogP contribution is -2.55.